The average molecular weight is 285 g/mol. The van der Waals surface area contributed by atoms with Crippen molar-refractivity contribution < 1.29 is 0 Å². The quantitative estimate of drug-likeness (QED) is 0.749. The molecule has 1 aliphatic carbocycles. The minimum absolute atomic E-state index is 0.524. The van der Waals surface area contributed by atoms with E-state index in [2.05, 4.69) is 39.6 Å². The maximum atomic E-state index is 5.69. The highest BCUT2D eigenvalue weighted by molar-refractivity contribution is 6.30. The third-order valence-corrected chi connectivity index (χ3v) is 4.09. The van der Waals surface area contributed by atoms with Gasteiger partial charge in [0, 0.05) is 30.0 Å². The van der Waals surface area contributed by atoms with E-state index in [4.69, 9.17) is 7.85 Å². The molecule has 2 heterocycles. The predicted molar refractivity (Wildman–Crippen MR) is 90.7 cm³/mol. The minimum Gasteiger partial charge on any atom is -0.381 e. The molecule has 0 aliphatic heterocycles. The zero-order valence-electron chi connectivity index (χ0n) is 12.3. The highest BCUT2D eigenvalue weighted by Gasteiger charge is 2.23. The van der Waals surface area contributed by atoms with Crippen molar-refractivity contribution in [2.24, 2.45) is 0 Å². The van der Waals surface area contributed by atoms with Gasteiger partial charge in [0.2, 0.25) is 0 Å². The van der Waals surface area contributed by atoms with Crippen LogP contribution < -0.4 is 10.9 Å². The van der Waals surface area contributed by atoms with Crippen LogP contribution in [0.4, 0.5) is 5.69 Å². The summed E-state index contributed by atoms with van der Waals surface area (Å²) in [5.74, 6) is 0.769. The van der Waals surface area contributed by atoms with Gasteiger partial charge in [-0.25, -0.2) is 0 Å². The van der Waals surface area contributed by atoms with Gasteiger partial charge in [-0.2, -0.15) is 0 Å². The van der Waals surface area contributed by atoms with Gasteiger partial charge in [0.05, 0.1) is 5.52 Å². The molecule has 0 saturated heterocycles. The Kier molecular flexibility index (Phi) is 3.30. The van der Waals surface area contributed by atoms with E-state index in [1.54, 1.807) is 6.20 Å². The molecule has 106 valence electrons. The SMILES string of the molecule is [B]c1cc(NCc2cnc3ccc(C4CC4)cc3c2)ccn1. The molecule has 1 fully saturated rings. The zero-order valence-corrected chi connectivity index (χ0v) is 12.3. The Morgan fingerprint density at radius 1 is 1.09 bits per heavy atom. The van der Waals surface area contributed by atoms with Crippen LogP contribution in [0, 0.1) is 0 Å². The van der Waals surface area contributed by atoms with Crippen LogP contribution in [0.3, 0.4) is 0 Å². The first-order valence-corrected chi connectivity index (χ1v) is 7.62. The van der Waals surface area contributed by atoms with Crippen LogP contribution in [0.2, 0.25) is 0 Å². The lowest BCUT2D eigenvalue weighted by Gasteiger charge is -2.08. The smallest absolute Gasteiger partial charge is 0.141 e. The van der Waals surface area contributed by atoms with Crippen molar-refractivity contribution in [3.8, 4) is 0 Å². The van der Waals surface area contributed by atoms with Crippen LogP contribution in [-0.4, -0.2) is 17.8 Å². The Labute approximate surface area is 131 Å². The summed E-state index contributed by atoms with van der Waals surface area (Å²) in [5, 5.41) is 4.58. The van der Waals surface area contributed by atoms with Crippen LogP contribution in [0.1, 0.15) is 29.9 Å². The Morgan fingerprint density at radius 2 is 2.00 bits per heavy atom. The second-order valence-corrected chi connectivity index (χ2v) is 5.89. The Morgan fingerprint density at radius 3 is 2.82 bits per heavy atom. The maximum Gasteiger partial charge on any atom is 0.141 e. The van der Waals surface area contributed by atoms with Gasteiger partial charge in [0.25, 0.3) is 0 Å². The lowest BCUT2D eigenvalue weighted by Crippen LogP contribution is -2.09. The van der Waals surface area contributed by atoms with E-state index in [1.165, 1.54) is 23.8 Å². The number of fused-ring (bicyclic) bond motifs is 1. The maximum absolute atomic E-state index is 5.69. The van der Waals surface area contributed by atoms with Gasteiger partial charge in [-0.1, -0.05) is 6.07 Å². The van der Waals surface area contributed by atoms with Crippen LogP contribution >= 0.6 is 0 Å². The molecule has 2 aromatic heterocycles. The van der Waals surface area contributed by atoms with Crippen molar-refractivity contribution in [2.75, 3.05) is 5.32 Å². The monoisotopic (exact) mass is 285 g/mol. The molecule has 0 bridgehead atoms. The van der Waals surface area contributed by atoms with Gasteiger partial charge < -0.3 is 5.32 Å². The van der Waals surface area contributed by atoms with E-state index >= 15 is 0 Å². The topological polar surface area (TPSA) is 37.8 Å². The van der Waals surface area contributed by atoms with E-state index in [0.29, 0.717) is 5.59 Å². The normalized spacial score (nSPS) is 14.2. The van der Waals surface area contributed by atoms with E-state index in [9.17, 15) is 0 Å². The van der Waals surface area contributed by atoms with Crippen molar-refractivity contribution in [3.05, 3.63) is 59.9 Å². The van der Waals surface area contributed by atoms with Crippen molar-refractivity contribution in [1.29, 1.82) is 0 Å². The summed E-state index contributed by atoms with van der Waals surface area (Å²) in [6, 6.07) is 12.6. The number of rotatable bonds is 4. The van der Waals surface area contributed by atoms with Crippen LogP contribution in [0.25, 0.3) is 10.9 Å². The first-order chi connectivity index (χ1) is 10.8. The number of pyridine rings is 2. The molecule has 4 heteroatoms. The van der Waals surface area contributed by atoms with Gasteiger partial charge >= 0.3 is 0 Å². The summed E-state index contributed by atoms with van der Waals surface area (Å²) in [7, 11) is 5.69. The van der Waals surface area contributed by atoms with Gasteiger partial charge in [0.1, 0.15) is 7.85 Å². The molecule has 1 aliphatic rings. The van der Waals surface area contributed by atoms with Gasteiger partial charge in [-0.05, 0) is 65.8 Å². The molecule has 22 heavy (non-hydrogen) atoms. The lowest BCUT2D eigenvalue weighted by atomic mass is 10.0. The molecule has 4 rings (SSSR count). The van der Waals surface area contributed by atoms with Crippen molar-refractivity contribution in [3.63, 3.8) is 0 Å². The molecule has 1 aromatic carbocycles. The highest BCUT2D eigenvalue weighted by Crippen LogP contribution is 2.40. The summed E-state index contributed by atoms with van der Waals surface area (Å²) in [4.78, 5) is 8.55. The first-order valence-electron chi connectivity index (χ1n) is 7.62. The molecule has 1 saturated carbocycles. The zero-order chi connectivity index (χ0) is 14.9. The molecule has 2 radical (unpaired) electrons. The molecule has 0 unspecified atom stereocenters. The number of hydrogen-bond donors (Lipinski definition) is 1. The van der Waals surface area contributed by atoms with E-state index < -0.39 is 0 Å². The Hall–Kier alpha value is -2.36. The van der Waals surface area contributed by atoms with E-state index in [0.717, 1.165) is 29.2 Å². The number of aromatic nitrogens is 2. The number of benzene rings is 1. The lowest BCUT2D eigenvalue weighted by molar-refractivity contribution is 1.12. The fourth-order valence-electron chi connectivity index (χ4n) is 2.73. The van der Waals surface area contributed by atoms with Crippen LogP contribution in [0.15, 0.2) is 48.8 Å². The highest BCUT2D eigenvalue weighted by atomic mass is 14.9. The summed E-state index contributed by atoms with van der Waals surface area (Å²) in [6.07, 6.45) is 6.28. The van der Waals surface area contributed by atoms with E-state index in [-0.39, 0.29) is 0 Å². The third-order valence-electron chi connectivity index (χ3n) is 4.09. The molecular weight excluding hydrogens is 269 g/mol. The summed E-state index contributed by atoms with van der Waals surface area (Å²) in [5.41, 5.74) is 5.16. The summed E-state index contributed by atoms with van der Waals surface area (Å²) < 4.78 is 0. The third kappa shape index (κ3) is 2.82. The second kappa shape index (κ2) is 5.45. The predicted octanol–water partition coefficient (Wildman–Crippen LogP) is 2.91. The molecule has 0 amide bonds. The summed E-state index contributed by atoms with van der Waals surface area (Å²) in [6.45, 7) is 0.722. The Balaban J connectivity index is 1.56. The largest absolute Gasteiger partial charge is 0.381 e. The fraction of sp³-hybridized carbons (Fsp3) is 0.222. The Bertz CT molecular complexity index is 827. The van der Waals surface area contributed by atoms with E-state index in [1.807, 2.05) is 18.3 Å². The van der Waals surface area contributed by atoms with Crippen molar-refractivity contribution in [1.82, 2.24) is 9.97 Å². The second-order valence-electron chi connectivity index (χ2n) is 5.89. The number of nitrogens with one attached hydrogen (secondary N) is 1. The number of anilines is 1. The van der Waals surface area contributed by atoms with Crippen molar-refractivity contribution >= 4 is 30.0 Å². The standard InChI is InChI=1S/C18H16BN3/c19-18-9-16(5-6-20-18)21-10-12-7-15-8-14(13-1-2-13)3-4-17(15)22-11-12/h3-9,11,13H,1-2,10H2,(H,20,21). The molecular formula is C18H16BN3. The summed E-state index contributed by atoms with van der Waals surface area (Å²) >= 11 is 0. The molecule has 0 spiro atoms. The molecule has 3 aromatic rings. The number of hydrogen-bond acceptors (Lipinski definition) is 3. The number of nitrogens with zero attached hydrogens (tertiary/aromatic N) is 2. The van der Waals surface area contributed by atoms with Crippen molar-refractivity contribution in [2.45, 2.75) is 25.3 Å². The molecule has 0 atom stereocenters. The average Bonchev–Trinajstić information content (AvgIpc) is 3.37. The van der Waals surface area contributed by atoms with Crippen LogP contribution in [0.5, 0.6) is 0 Å². The van der Waals surface area contributed by atoms with Gasteiger partial charge in [0.15, 0.2) is 0 Å². The van der Waals surface area contributed by atoms with Crippen LogP contribution in [-0.2, 0) is 6.54 Å². The molecule has 1 N–H and O–H groups in total. The van der Waals surface area contributed by atoms with Gasteiger partial charge in [-0.3, -0.25) is 9.97 Å². The molecule has 3 nitrogen and oxygen atoms in total. The fourth-order valence-corrected chi connectivity index (χ4v) is 2.73. The minimum atomic E-state index is 0.524. The first kappa shape index (κ1) is 13.3. The van der Waals surface area contributed by atoms with Gasteiger partial charge in [-0.15, -0.1) is 0 Å².